The van der Waals surface area contributed by atoms with Gasteiger partial charge < -0.3 is 11.1 Å². The van der Waals surface area contributed by atoms with Gasteiger partial charge in [0.1, 0.15) is 0 Å². The first-order chi connectivity index (χ1) is 9.06. The van der Waals surface area contributed by atoms with Crippen molar-refractivity contribution in [2.45, 2.75) is 55.2 Å². The predicted molar refractivity (Wildman–Crippen MR) is 79.2 cm³/mol. The number of aromatic nitrogens is 2. The van der Waals surface area contributed by atoms with Crippen LogP contribution in [-0.2, 0) is 4.79 Å². The van der Waals surface area contributed by atoms with Crippen LogP contribution in [0.5, 0.6) is 0 Å². The number of nitrogen functional groups attached to an aromatic ring is 1. The van der Waals surface area contributed by atoms with Crippen molar-refractivity contribution in [2.24, 2.45) is 5.92 Å². The first kappa shape index (κ1) is 14.6. The highest BCUT2D eigenvalue weighted by molar-refractivity contribution is 8.02. The quantitative estimate of drug-likeness (QED) is 0.834. The first-order valence-corrected chi connectivity index (χ1v) is 8.32. The SMILES string of the molecule is C[C@@H](Sc1nnc(N)s1)C(=O)N[C@H]1CCCC[C@@H]1C. The number of nitrogens with one attached hydrogen (secondary N) is 1. The van der Waals surface area contributed by atoms with Gasteiger partial charge in [0.15, 0.2) is 4.34 Å². The molecule has 0 unspecified atom stereocenters. The van der Waals surface area contributed by atoms with Crippen LogP contribution in [0.3, 0.4) is 0 Å². The van der Waals surface area contributed by atoms with Gasteiger partial charge in [0, 0.05) is 6.04 Å². The van der Waals surface area contributed by atoms with Crippen molar-refractivity contribution in [3.63, 3.8) is 0 Å². The second-order valence-electron chi connectivity index (χ2n) is 5.04. The fourth-order valence-electron chi connectivity index (χ4n) is 2.30. The number of hydrogen-bond donors (Lipinski definition) is 2. The van der Waals surface area contributed by atoms with Gasteiger partial charge in [0.05, 0.1) is 5.25 Å². The van der Waals surface area contributed by atoms with Crippen molar-refractivity contribution >= 4 is 34.1 Å². The summed E-state index contributed by atoms with van der Waals surface area (Å²) >= 11 is 2.73. The third-order valence-electron chi connectivity index (χ3n) is 3.51. The maximum absolute atomic E-state index is 12.2. The molecule has 106 valence electrons. The highest BCUT2D eigenvalue weighted by atomic mass is 32.2. The minimum Gasteiger partial charge on any atom is -0.374 e. The van der Waals surface area contributed by atoms with Gasteiger partial charge in [-0.3, -0.25) is 4.79 Å². The van der Waals surface area contributed by atoms with Crippen LogP contribution in [0, 0.1) is 5.92 Å². The first-order valence-electron chi connectivity index (χ1n) is 6.62. The second kappa shape index (κ2) is 6.56. The summed E-state index contributed by atoms with van der Waals surface area (Å²) in [6.07, 6.45) is 4.79. The molecule has 0 radical (unpaired) electrons. The largest absolute Gasteiger partial charge is 0.374 e. The van der Waals surface area contributed by atoms with Gasteiger partial charge in [-0.2, -0.15) is 0 Å². The number of hydrogen-bond acceptors (Lipinski definition) is 6. The molecule has 3 atom stereocenters. The zero-order valence-corrected chi connectivity index (χ0v) is 12.9. The highest BCUT2D eigenvalue weighted by Crippen LogP contribution is 2.28. The number of nitrogens with two attached hydrogens (primary N) is 1. The summed E-state index contributed by atoms with van der Waals surface area (Å²) < 4.78 is 0.747. The van der Waals surface area contributed by atoms with Crippen molar-refractivity contribution in [1.82, 2.24) is 15.5 Å². The molecule has 7 heteroatoms. The Hall–Kier alpha value is -0.820. The summed E-state index contributed by atoms with van der Waals surface area (Å²) in [7, 11) is 0. The fraction of sp³-hybridized carbons (Fsp3) is 0.750. The van der Waals surface area contributed by atoms with Crippen LogP contribution in [0.15, 0.2) is 4.34 Å². The van der Waals surface area contributed by atoms with E-state index >= 15 is 0 Å². The van der Waals surface area contributed by atoms with E-state index < -0.39 is 0 Å². The minimum absolute atomic E-state index is 0.0810. The van der Waals surface area contributed by atoms with Crippen LogP contribution in [0.1, 0.15) is 39.5 Å². The van der Waals surface area contributed by atoms with Crippen LogP contribution < -0.4 is 11.1 Å². The maximum atomic E-state index is 12.2. The van der Waals surface area contributed by atoms with Gasteiger partial charge in [0.2, 0.25) is 11.0 Å². The zero-order valence-electron chi connectivity index (χ0n) is 11.3. The lowest BCUT2D eigenvalue weighted by Gasteiger charge is -2.30. The van der Waals surface area contributed by atoms with Crippen molar-refractivity contribution in [3.05, 3.63) is 0 Å². The van der Waals surface area contributed by atoms with E-state index in [0.717, 1.165) is 10.8 Å². The van der Waals surface area contributed by atoms with Crippen LogP contribution >= 0.6 is 23.1 Å². The molecule has 1 amide bonds. The molecule has 0 spiro atoms. The van der Waals surface area contributed by atoms with E-state index in [-0.39, 0.29) is 11.2 Å². The molecule has 1 fully saturated rings. The number of nitrogens with zero attached hydrogens (tertiary/aromatic N) is 2. The molecule has 0 bridgehead atoms. The van der Waals surface area contributed by atoms with Gasteiger partial charge in [-0.25, -0.2) is 0 Å². The second-order valence-corrected chi connectivity index (χ2v) is 7.64. The standard InChI is InChI=1S/C12H20N4OS2/c1-7-5-3-4-6-9(7)14-10(17)8(2)18-12-16-15-11(13)19-12/h7-9H,3-6H2,1-2H3,(H2,13,15)(H,14,17)/t7-,8+,9-/m0/s1. The molecule has 19 heavy (non-hydrogen) atoms. The molecular formula is C12H20N4OS2. The van der Waals surface area contributed by atoms with E-state index in [1.807, 2.05) is 6.92 Å². The van der Waals surface area contributed by atoms with Crippen molar-refractivity contribution in [2.75, 3.05) is 5.73 Å². The fourth-order valence-corrected chi connectivity index (χ4v) is 4.09. The molecule has 1 saturated carbocycles. The molecule has 0 aromatic carbocycles. The summed E-state index contributed by atoms with van der Waals surface area (Å²) in [6.45, 7) is 4.11. The van der Waals surface area contributed by atoms with E-state index in [2.05, 4.69) is 22.4 Å². The smallest absolute Gasteiger partial charge is 0.233 e. The summed E-state index contributed by atoms with van der Waals surface area (Å²) in [6, 6.07) is 0.323. The lowest BCUT2D eigenvalue weighted by atomic mass is 9.86. The van der Waals surface area contributed by atoms with Gasteiger partial charge in [-0.15, -0.1) is 10.2 Å². The molecule has 1 aliphatic carbocycles. The van der Waals surface area contributed by atoms with Gasteiger partial charge in [0.25, 0.3) is 0 Å². The molecule has 1 aromatic rings. The number of rotatable bonds is 4. The van der Waals surface area contributed by atoms with Crippen LogP contribution in [0.4, 0.5) is 5.13 Å². The summed E-state index contributed by atoms with van der Waals surface area (Å²) in [5, 5.41) is 11.1. The van der Waals surface area contributed by atoms with Crippen molar-refractivity contribution in [3.8, 4) is 0 Å². The van der Waals surface area contributed by atoms with Crippen LogP contribution in [0.2, 0.25) is 0 Å². The molecule has 2 rings (SSSR count). The van der Waals surface area contributed by atoms with Crippen LogP contribution in [-0.4, -0.2) is 27.4 Å². The number of thioether (sulfide) groups is 1. The Morgan fingerprint density at radius 3 is 2.84 bits per heavy atom. The molecule has 1 aliphatic rings. The predicted octanol–water partition coefficient (Wildman–Crippen LogP) is 2.30. The lowest BCUT2D eigenvalue weighted by Crippen LogP contribution is -2.44. The van der Waals surface area contributed by atoms with Gasteiger partial charge in [-0.1, -0.05) is 42.9 Å². The third kappa shape index (κ3) is 4.07. The Kier molecular flexibility index (Phi) is 5.04. The monoisotopic (exact) mass is 300 g/mol. The Bertz CT molecular complexity index is 437. The normalized spacial score (nSPS) is 24.9. The van der Waals surface area contributed by atoms with Crippen molar-refractivity contribution < 1.29 is 4.79 Å². The topological polar surface area (TPSA) is 80.9 Å². The van der Waals surface area contributed by atoms with Crippen molar-refractivity contribution in [1.29, 1.82) is 0 Å². The van der Waals surface area contributed by atoms with E-state index in [0.29, 0.717) is 17.1 Å². The van der Waals surface area contributed by atoms with E-state index in [9.17, 15) is 4.79 Å². The van der Waals surface area contributed by atoms with Crippen LogP contribution in [0.25, 0.3) is 0 Å². The summed E-state index contributed by atoms with van der Waals surface area (Å²) in [5.41, 5.74) is 5.53. The Morgan fingerprint density at radius 1 is 1.47 bits per heavy atom. The van der Waals surface area contributed by atoms with Gasteiger partial charge >= 0.3 is 0 Å². The Balaban J connectivity index is 1.85. The summed E-state index contributed by atoms with van der Waals surface area (Å²) in [4.78, 5) is 12.2. The molecule has 1 aromatic heterocycles. The average Bonchev–Trinajstić information content (AvgIpc) is 2.77. The molecule has 3 N–H and O–H groups in total. The molecular weight excluding hydrogens is 280 g/mol. The third-order valence-corrected chi connectivity index (χ3v) is 5.44. The molecule has 0 aliphatic heterocycles. The Morgan fingerprint density at radius 2 is 2.21 bits per heavy atom. The lowest BCUT2D eigenvalue weighted by molar-refractivity contribution is -0.121. The molecule has 0 saturated heterocycles. The number of amides is 1. The van der Waals surface area contributed by atoms with E-state index in [1.165, 1.54) is 42.4 Å². The highest BCUT2D eigenvalue weighted by Gasteiger charge is 2.25. The number of carbonyl (C=O) groups is 1. The molecule has 1 heterocycles. The van der Waals surface area contributed by atoms with E-state index in [4.69, 9.17) is 5.73 Å². The average molecular weight is 300 g/mol. The number of carbonyl (C=O) groups excluding carboxylic acids is 1. The maximum Gasteiger partial charge on any atom is 0.233 e. The zero-order chi connectivity index (χ0) is 13.8. The van der Waals surface area contributed by atoms with E-state index in [1.54, 1.807) is 0 Å². The number of anilines is 1. The molecule has 5 nitrogen and oxygen atoms in total. The summed E-state index contributed by atoms with van der Waals surface area (Å²) in [5.74, 6) is 0.657. The minimum atomic E-state index is -0.165. The van der Waals surface area contributed by atoms with Gasteiger partial charge in [-0.05, 0) is 25.7 Å². The Labute approximate surface area is 121 Å².